The summed E-state index contributed by atoms with van der Waals surface area (Å²) in [5.41, 5.74) is -1.44. The summed E-state index contributed by atoms with van der Waals surface area (Å²) in [5, 5.41) is 9.03. The van der Waals surface area contributed by atoms with Gasteiger partial charge in [0.15, 0.2) is 0 Å². The van der Waals surface area contributed by atoms with Crippen LogP contribution in [-0.2, 0) is 17.8 Å². The van der Waals surface area contributed by atoms with Crippen LogP contribution in [0, 0.1) is 17.1 Å². The van der Waals surface area contributed by atoms with E-state index in [1.165, 1.54) is 16.8 Å². The number of nitriles is 1. The molecule has 1 aromatic carbocycles. The van der Waals surface area contributed by atoms with Crippen LogP contribution in [0.1, 0.15) is 28.4 Å². The fourth-order valence-corrected chi connectivity index (χ4v) is 2.25. The van der Waals surface area contributed by atoms with Crippen molar-refractivity contribution in [2.45, 2.75) is 20.0 Å². The second-order valence-corrected chi connectivity index (χ2v) is 4.91. The quantitative estimate of drug-likeness (QED) is 0.775. The highest BCUT2D eigenvalue weighted by Crippen LogP contribution is 2.13. The Hall–Kier alpha value is -3.21. The molecule has 0 radical (unpaired) electrons. The van der Waals surface area contributed by atoms with E-state index in [-0.39, 0.29) is 29.8 Å². The molecule has 2 rings (SSSR count). The molecule has 2 aromatic rings. The number of rotatable bonds is 4. The highest BCUT2D eigenvalue weighted by molar-refractivity contribution is 5.91. The van der Waals surface area contributed by atoms with E-state index in [0.717, 1.165) is 23.8 Å². The lowest BCUT2D eigenvalue weighted by molar-refractivity contribution is 0.0598. The van der Waals surface area contributed by atoms with Crippen molar-refractivity contribution >= 4 is 5.97 Å². The Morgan fingerprint density at radius 3 is 2.67 bits per heavy atom. The number of carbonyl (C=O) groups excluding carboxylic acids is 1. The molecule has 1 heterocycles. The fraction of sp³-hybridized carbons (Fsp3) is 0.250. The molecule has 8 heteroatoms. The number of carbonyl (C=O) groups is 1. The molecule has 0 aliphatic heterocycles. The first-order valence-corrected chi connectivity index (χ1v) is 7.04. The maximum Gasteiger partial charge on any atom is 0.338 e. The van der Waals surface area contributed by atoms with Crippen LogP contribution in [0.4, 0.5) is 4.39 Å². The van der Waals surface area contributed by atoms with E-state index >= 15 is 0 Å². The van der Waals surface area contributed by atoms with Crippen LogP contribution in [0.2, 0.25) is 0 Å². The summed E-state index contributed by atoms with van der Waals surface area (Å²) in [7, 11) is 1.14. The molecule has 0 spiro atoms. The standard InChI is InChI=1S/C16H14FN3O4/c1-3-19-8-11(7-18)14(21)20(16(19)23)9-10-4-5-12(17)6-13(10)15(22)24-2/h4-6,8H,3,9H2,1-2H3. The Labute approximate surface area is 136 Å². The average Bonchev–Trinajstić information content (AvgIpc) is 2.59. The van der Waals surface area contributed by atoms with Gasteiger partial charge in [-0.25, -0.2) is 14.0 Å². The van der Waals surface area contributed by atoms with Crippen molar-refractivity contribution in [3.63, 3.8) is 0 Å². The SMILES string of the molecule is CCn1cc(C#N)c(=O)n(Cc2ccc(F)cc2C(=O)OC)c1=O. The molecule has 0 unspecified atom stereocenters. The van der Waals surface area contributed by atoms with Crippen LogP contribution < -0.4 is 11.2 Å². The zero-order chi connectivity index (χ0) is 17.9. The summed E-state index contributed by atoms with van der Waals surface area (Å²) in [6, 6.07) is 5.11. The van der Waals surface area contributed by atoms with Gasteiger partial charge in [0.05, 0.1) is 19.2 Å². The van der Waals surface area contributed by atoms with E-state index in [1.807, 2.05) is 0 Å². The van der Waals surface area contributed by atoms with Crippen molar-refractivity contribution in [1.29, 1.82) is 5.26 Å². The van der Waals surface area contributed by atoms with Crippen LogP contribution in [0.3, 0.4) is 0 Å². The lowest BCUT2D eigenvalue weighted by Gasteiger charge is -2.12. The van der Waals surface area contributed by atoms with E-state index in [2.05, 4.69) is 4.74 Å². The minimum atomic E-state index is -0.787. The first-order chi connectivity index (χ1) is 11.4. The number of methoxy groups -OCH3 is 1. The molecule has 0 atom stereocenters. The van der Waals surface area contributed by atoms with E-state index in [4.69, 9.17) is 5.26 Å². The highest BCUT2D eigenvalue weighted by Gasteiger charge is 2.17. The number of aryl methyl sites for hydroxylation is 1. The monoisotopic (exact) mass is 331 g/mol. The van der Waals surface area contributed by atoms with Crippen LogP contribution >= 0.6 is 0 Å². The lowest BCUT2D eigenvalue weighted by atomic mass is 10.1. The van der Waals surface area contributed by atoms with Crippen molar-refractivity contribution < 1.29 is 13.9 Å². The number of esters is 1. The third kappa shape index (κ3) is 3.10. The van der Waals surface area contributed by atoms with E-state index in [0.29, 0.717) is 0 Å². The molecule has 0 aliphatic rings. The summed E-state index contributed by atoms with van der Waals surface area (Å²) in [4.78, 5) is 36.4. The summed E-state index contributed by atoms with van der Waals surface area (Å²) < 4.78 is 20.0. The van der Waals surface area contributed by atoms with Gasteiger partial charge in [0.1, 0.15) is 17.4 Å². The Bertz CT molecular complexity index is 953. The summed E-state index contributed by atoms with van der Waals surface area (Å²) in [6.07, 6.45) is 1.19. The fourth-order valence-electron chi connectivity index (χ4n) is 2.25. The van der Waals surface area contributed by atoms with Crippen LogP contribution in [0.15, 0.2) is 34.0 Å². The molecule has 7 nitrogen and oxygen atoms in total. The number of nitrogens with zero attached hydrogens (tertiary/aromatic N) is 3. The minimum Gasteiger partial charge on any atom is -0.465 e. The second kappa shape index (κ2) is 6.91. The first-order valence-electron chi connectivity index (χ1n) is 7.04. The maximum absolute atomic E-state index is 13.4. The topological polar surface area (TPSA) is 94.1 Å². The molecule has 0 bridgehead atoms. The number of aromatic nitrogens is 2. The van der Waals surface area contributed by atoms with Crippen molar-refractivity contribution in [3.8, 4) is 6.07 Å². The third-order valence-electron chi connectivity index (χ3n) is 3.50. The van der Waals surface area contributed by atoms with Crippen molar-refractivity contribution in [2.24, 2.45) is 0 Å². The number of hydrogen-bond acceptors (Lipinski definition) is 5. The predicted molar refractivity (Wildman–Crippen MR) is 82.2 cm³/mol. The lowest BCUT2D eigenvalue weighted by Crippen LogP contribution is -2.41. The molecule has 0 saturated heterocycles. The third-order valence-corrected chi connectivity index (χ3v) is 3.50. The zero-order valence-electron chi connectivity index (χ0n) is 13.1. The normalized spacial score (nSPS) is 10.2. The van der Waals surface area contributed by atoms with Gasteiger partial charge in [0.2, 0.25) is 0 Å². The van der Waals surface area contributed by atoms with Crippen LogP contribution in [0.5, 0.6) is 0 Å². The van der Waals surface area contributed by atoms with Crippen molar-refractivity contribution in [2.75, 3.05) is 7.11 Å². The molecule has 124 valence electrons. The summed E-state index contributed by atoms with van der Waals surface area (Å²) in [6.45, 7) is 1.67. The van der Waals surface area contributed by atoms with Crippen LogP contribution in [-0.4, -0.2) is 22.2 Å². The Morgan fingerprint density at radius 1 is 1.38 bits per heavy atom. The smallest absolute Gasteiger partial charge is 0.338 e. The molecule has 0 N–H and O–H groups in total. The molecular formula is C16H14FN3O4. The molecule has 0 saturated carbocycles. The largest absolute Gasteiger partial charge is 0.465 e. The first kappa shape index (κ1) is 17.1. The van der Waals surface area contributed by atoms with Crippen LogP contribution in [0.25, 0.3) is 0 Å². The molecule has 1 aromatic heterocycles. The van der Waals surface area contributed by atoms with Gasteiger partial charge in [-0.15, -0.1) is 0 Å². The predicted octanol–water partition coefficient (Wildman–Crippen LogP) is 0.876. The van der Waals surface area contributed by atoms with E-state index < -0.39 is 23.0 Å². The molecule has 0 fully saturated rings. The molecule has 0 amide bonds. The Morgan fingerprint density at radius 2 is 2.08 bits per heavy atom. The van der Waals surface area contributed by atoms with E-state index in [9.17, 15) is 18.8 Å². The van der Waals surface area contributed by atoms with Gasteiger partial charge in [0, 0.05) is 12.7 Å². The number of hydrogen-bond donors (Lipinski definition) is 0. The molecule has 0 aliphatic carbocycles. The van der Waals surface area contributed by atoms with Crippen molar-refractivity contribution in [1.82, 2.24) is 9.13 Å². The Kier molecular flexibility index (Phi) is 4.94. The van der Waals surface area contributed by atoms with Gasteiger partial charge in [0.25, 0.3) is 5.56 Å². The number of ether oxygens (including phenoxy) is 1. The summed E-state index contributed by atoms with van der Waals surface area (Å²) in [5.74, 6) is -1.44. The number of benzene rings is 1. The summed E-state index contributed by atoms with van der Waals surface area (Å²) >= 11 is 0. The molecular weight excluding hydrogens is 317 g/mol. The van der Waals surface area contributed by atoms with Gasteiger partial charge in [-0.2, -0.15) is 5.26 Å². The molecule has 24 heavy (non-hydrogen) atoms. The van der Waals surface area contributed by atoms with Gasteiger partial charge < -0.3 is 4.74 Å². The van der Waals surface area contributed by atoms with Crippen molar-refractivity contribution in [3.05, 3.63) is 67.7 Å². The van der Waals surface area contributed by atoms with E-state index in [1.54, 1.807) is 13.0 Å². The Balaban J connectivity index is 2.66. The minimum absolute atomic E-state index is 0.0887. The van der Waals surface area contributed by atoms with Gasteiger partial charge in [-0.1, -0.05) is 6.07 Å². The number of halogens is 1. The maximum atomic E-state index is 13.4. The van der Waals surface area contributed by atoms with Gasteiger partial charge >= 0.3 is 11.7 Å². The zero-order valence-corrected chi connectivity index (χ0v) is 13.1. The highest BCUT2D eigenvalue weighted by atomic mass is 19.1. The van der Waals surface area contributed by atoms with Gasteiger partial charge in [-0.3, -0.25) is 13.9 Å². The van der Waals surface area contributed by atoms with Gasteiger partial charge in [-0.05, 0) is 24.6 Å². The average molecular weight is 331 g/mol. The second-order valence-electron chi connectivity index (χ2n) is 4.91.